The van der Waals surface area contributed by atoms with Gasteiger partial charge in [-0.2, -0.15) is 0 Å². The Labute approximate surface area is 199 Å². The molecule has 3 aromatic carbocycles. The number of carbonyl (C=O) groups is 1. The van der Waals surface area contributed by atoms with Gasteiger partial charge in [0.25, 0.3) is 0 Å². The fourth-order valence-electron chi connectivity index (χ4n) is 3.55. The molecule has 0 amide bonds. The summed E-state index contributed by atoms with van der Waals surface area (Å²) in [6.45, 7) is 4.00. The van der Waals surface area contributed by atoms with Gasteiger partial charge < -0.3 is 20.3 Å². The lowest BCUT2D eigenvalue weighted by molar-refractivity contribution is -0.143. The second-order valence-electron chi connectivity index (χ2n) is 7.81. The van der Waals surface area contributed by atoms with E-state index in [1.165, 1.54) is 0 Å². The first-order valence-corrected chi connectivity index (χ1v) is 11.2. The third-order valence-electron chi connectivity index (χ3n) is 5.20. The van der Waals surface area contributed by atoms with Crippen LogP contribution in [0.2, 0.25) is 5.02 Å². The van der Waals surface area contributed by atoms with Crippen LogP contribution in [-0.4, -0.2) is 29.1 Å². The molecule has 4 N–H and O–H groups in total. The third-order valence-corrected chi connectivity index (χ3v) is 5.42. The van der Waals surface area contributed by atoms with Crippen LogP contribution in [-0.2, 0) is 16.0 Å². The van der Waals surface area contributed by atoms with Gasteiger partial charge in [-0.05, 0) is 37.1 Å². The molecule has 0 saturated carbocycles. The van der Waals surface area contributed by atoms with E-state index in [1.807, 2.05) is 61.5 Å². The van der Waals surface area contributed by atoms with E-state index in [0.29, 0.717) is 17.0 Å². The molecule has 6 nitrogen and oxygen atoms in total. The van der Waals surface area contributed by atoms with Crippen LogP contribution in [0.25, 0.3) is 0 Å². The summed E-state index contributed by atoms with van der Waals surface area (Å²) in [5.41, 5.74) is 3.85. The molecule has 174 valence electrons. The molecule has 0 bridgehead atoms. The number of ether oxygens (including phenoxy) is 1. The molecule has 0 aliphatic carbocycles. The minimum atomic E-state index is -1.26. The van der Waals surface area contributed by atoms with E-state index in [0.717, 1.165) is 16.7 Å². The predicted molar refractivity (Wildman–Crippen MR) is 130 cm³/mol. The summed E-state index contributed by atoms with van der Waals surface area (Å²) in [6, 6.07) is 20.1. The average molecular weight is 469 g/mol. The van der Waals surface area contributed by atoms with Gasteiger partial charge in [0.2, 0.25) is 0 Å². The molecular formula is C26H29ClN2O4. The molecule has 1 unspecified atom stereocenters. The number of rotatable bonds is 10. The summed E-state index contributed by atoms with van der Waals surface area (Å²) in [7, 11) is 0. The van der Waals surface area contributed by atoms with Gasteiger partial charge in [0.1, 0.15) is 5.75 Å². The maximum Gasteiger partial charge on any atom is 0.307 e. The van der Waals surface area contributed by atoms with Crippen LogP contribution in [0.1, 0.15) is 41.6 Å². The number of phenolic OH excluding ortho intramolecular Hbond substituents is 1. The second-order valence-corrected chi connectivity index (χ2v) is 8.25. The van der Waals surface area contributed by atoms with Crippen LogP contribution < -0.4 is 10.6 Å². The van der Waals surface area contributed by atoms with Crippen molar-refractivity contribution in [3.05, 3.63) is 94.0 Å². The van der Waals surface area contributed by atoms with Crippen molar-refractivity contribution in [2.24, 2.45) is 0 Å². The normalized spacial score (nSPS) is 12.7. The SMILES string of the molecule is CCOC(=O)C[C@H](NC(O)Nc1cc(Cl)cc(Cc2ccccc2)c1O)c1ccc(C)cc1. The Balaban J connectivity index is 1.77. The molecule has 3 rings (SSSR count). The van der Waals surface area contributed by atoms with Crippen molar-refractivity contribution in [2.75, 3.05) is 11.9 Å². The summed E-state index contributed by atoms with van der Waals surface area (Å²) >= 11 is 6.28. The summed E-state index contributed by atoms with van der Waals surface area (Å²) in [6.07, 6.45) is -0.740. The van der Waals surface area contributed by atoms with Crippen LogP contribution in [0.4, 0.5) is 5.69 Å². The van der Waals surface area contributed by atoms with Crippen molar-refractivity contribution < 1.29 is 19.7 Å². The highest BCUT2D eigenvalue weighted by Gasteiger charge is 2.21. The zero-order valence-corrected chi connectivity index (χ0v) is 19.5. The summed E-state index contributed by atoms with van der Waals surface area (Å²) in [5, 5.41) is 27.8. The van der Waals surface area contributed by atoms with Crippen molar-refractivity contribution in [1.82, 2.24) is 5.32 Å². The van der Waals surface area contributed by atoms with Crippen molar-refractivity contribution >= 4 is 23.3 Å². The van der Waals surface area contributed by atoms with E-state index in [4.69, 9.17) is 16.3 Å². The topological polar surface area (TPSA) is 90.8 Å². The van der Waals surface area contributed by atoms with E-state index in [1.54, 1.807) is 19.1 Å². The number of aromatic hydroxyl groups is 1. The van der Waals surface area contributed by atoms with Crippen molar-refractivity contribution in [2.45, 2.75) is 39.1 Å². The quantitative estimate of drug-likeness (QED) is 0.192. The first-order valence-electron chi connectivity index (χ1n) is 10.8. The molecule has 0 aliphatic heterocycles. The Morgan fingerprint density at radius 3 is 2.45 bits per heavy atom. The number of aryl methyl sites for hydroxylation is 1. The van der Waals surface area contributed by atoms with E-state index in [-0.39, 0.29) is 30.4 Å². The Morgan fingerprint density at radius 1 is 1.09 bits per heavy atom. The second kappa shape index (κ2) is 11.7. The summed E-state index contributed by atoms with van der Waals surface area (Å²) < 4.78 is 5.09. The molecule has 0 heterocycles. The van der Waals surface area contributed by atoms with Crippen LogP contribution >= 0.6 is 11.6 Å². The number of carbonyl (C=O) groups excluding carboxylic acids is 1. The van der Waals surface area contributed by atoms with Gasteiger partial charge in [-0.15, -0.1) is 0 Å². The Kier molecular flexibility index (Phi) is 8.72. The number of anilines is 1. The number of esters is 1. The number of aliphatic hydroxyl groups excluding tert-OH is 1. The fourth-order valence-corrected chi connectivity index (χ4v) is 3.79. The highest BCUT2D eigenvalue weighted by Crippen LogP contribution is 2.33. The van der Waals surface area contributed by atoms with Gasteiger partial charge in [0, 0.05) is 23.0 Å². The van der Waals surface area contributed by atoms with E-state index >= 15 is 0 Å². The number of halogens is 1. The molecule has 0 fully saturated rings. The van der Waals surface area contributed by atoms with E-state index < -0.39 is 12.4 Å². The van der Waals surface area contributed by atoms with E-state index in [9.17, 15) is 15.0 Å². The molecule has 0 aromatic heterocycles. The minimum Gasteiger partial charge on any atom is -0.505 e. The predicted octanol–water partition coefficient (Wildman–Crippen LogP) is 4.92. The van der Waals surface area contributed by atoms with Crippen LogP contribution in [0.15, 0.2) is 66.7 Å². The standard InChI is InChI=1S/C26H29ClN2O4/c1-3-33-24(30)16-22(19-11-9-17(2)10-12-19)28-26(32)29-23-15-21(27)14-20(25(23)31)13-18-7-5-4-6-8-18/h4-12,14-15,22,26,28-29,31-32H,3,13,16H2,1-2H3/t22-,26?/m0/s1. The summed E-state index contributed by atoms with van der Waals surface area (Å²) in [5.74, 6) is -0.375. The lowest BCUT2D eigenvalue weighted by Gasteiger charge is -2.24. The number of benzene rings is 3. The van der Waals surface area contributed by atoms with Gasteiger partial charge >= 0.3 is 5.97 Å². The lowest BCUT2D eigenvalue weighted by Crippen LogP contribution is -2.39. The van der Waals surface area contributed by atoms with Crippen molar-refractivity contribution in [3.63, 3.8) is 0 Å². The van der Waals surface area contributed by atoms with Gasteiger partial charge in [0.05, 0.1) is 18.7 Å². The fraction of sp³-hybridized carbons (Fsp3) is 0.269. The highest BCUT2D eigenvalue weighted by molar-refractivity contribution is 6.31. The smallest absolute Gasteiger partial charge is 0.307 e. The monoisotopic (exact) mass is 468 g/mol. The molecule has 0 aliphatic rings. The zero-order valence-electron chi connectivity index (χ0n) is 18.7. The average Bonchev–Trinajstić information content (AvgIpc) is 2.78. The molecule has 3 aromatic rings. The molecule has 7 heteroatoms. The van der Waals surface area contributed by atoms with E-state index in [2.05, 4.69) is 10.6 Å². The van der Waals surface area contributed by atoms with Gasteiger partial charge in [0.15, 0.2) is 6.35 Å². The van der Waals surface area contributed by atoms with Crippen LogP contribution in [0, 0.1) is 6.92 Å². The maximum atomic E-state index is 12.1. The van der Waals surface area contributed by atoms with Crippen LogP contribution in [0.3, 0.4) is 0 Å². The first-order chi connectivity index (χ1) is 15.9. The van der Waals surface area contributed by atoms with Crippen molar-refractivity contribution in [3.8, 4) is 5.75 Å². The molecule has 0 saturated heterocycles. The zero-order chi connectivity index (χ0) is 23.8. The molecular weight excluding hydrogens is 440 g/mol. The van der Waals surface area contributed by atoms with Gasteiger partial charge in [-0.3, -0.25) is 10.1 Å². The molecule has 2 atom stereocenters. The highest BCUT2D eigenvalue weighted by atomic mass is 35.5. The maximum absolute atomic E-state index is 12.1. The Hall–Kier alpha value is -3.06. The first kappa shape index (κ1) is 24.6. The lowest BCUT2D eigenvalue weighted by atomic mass is 10.0. The number of aliphatic hydroxyl groups is 1. The number of phenols is 1. The molecule has 0 spiro atoms. The third kappa shape index (κ3) is 7.22. The van der Waals surface area contributed by atoms with Gasteiger partial charge in [-0.1, -0.05) is 71.8 Å². The number of nitrogens with one attached hydrogen (secondary N) is 2. The van der Waals surface area contributed by atoms with Gasteiger partial charge in [-0.25, -0.2) is 0 Å². The number of hydrogen-bond acceptors (Lipinski definition) is 6. The summed E-state index contributed by atoms with van der Waals surface area (Å²) in [4.78, 5) is 12.1. The largest absolute Gasteiger partial charge is 0.505 e. The molecule has 0 radical (unpaired) electrons. The number of hydrogen-bond donors (Lipinski definition) is 4. The minimum absolute atomic E-state index is 0.00128. The van der Waals surface area contributed by atoms with Crippen LogP contribution in [0.5, 0.6) is 5.75 Å². The molecule has 33 heavy (non-hydrogen) atoms. The van der Waals surface area contributed by atoms with Crippen molar-refractivity contribution in [1.29, 1.82) is 0 Å². The Bertz CT molecular complexity index is 1060. The Morgan fingerprint density at radius 2 is 1.79 bits per heavy atom.